The van der Waals surface area contributed by atoms with E-state index in [2.05, 4.69) is 0 Å². The molecule has 0 aliphatic heterocycles. The summed E-state index contributed by atoms with van der Waals surface area (Å²) in [6, 6.07) is 3.12. The van der Waals surface area contributed by atoms with Gasteiger partial charge in [0.1, 0.15) is 0 Å². The summed E-state index contributed by atoms with van der Waals surface area (Å²) in [7, 11) is -2.65. The predicted octanol–water partition coefficient (Wildman–Crippen LogP) is -0.245. The van der Waals surface area contributed by atoms with Crippen molar-refractivity contribution in [1.82, 2.24) is 4.83 Å². The average Bonchev–Trinajstić information content (AvgIpc) is 2.27. The van der Waals surface area contributed by atoms with Crippen LogP contribution in [0.15, 0.2) is 23.1 Å². The lowest BCUT2D eigenvalue weighted by Gasteiger charge is -2.05. The minimum Gasteiger partial charge on any atom is -0.490 e. The van der Waals surface area contributed by atoms with Crippen LogP contribution in [0, 0.1) is 10.1 Å². The van der Waals surface area contributed by atoms with Gasteiger partial charge in [0.2, 0.25) is 0 Å². The Morgan fingerprint density at radius 1 is 1.50 bits per heavy atom. The Balaban J connectivity index is 3.35. The third-order valence-electron chi connectivity index (χ3n) is 1.81. The van der Waals surface area contributed by atoms with Gasteiger partial charge in [0.05, 0.1) is 16.9 Å². The number of hydrazine groups is 1. The molecule has 0 bridgehead atoms. The quantitative estimate of drug-likeness (QED) is 0.429. The summed E-state index contributed by atoms with van der Waals surface area (Å²) in [6.45, 7) is 0. The van der Waals surface area contributed by atoms with Crippen LogP contribution in [0.2, 0.25) is 0 Å². The zero-order valence-corrected chi connectivity index (χ0v) is 9.02. The van der Waals surface area contributed by atoms with Gasteiger partial charge in [-0.15, -0.1) is 0 Å². The standard InChI is InChI=1S/C7H9N3O5S/c1-15-7-4-5(16(13,14)9-8)2-3-6(7)10(11)12/h2-4,9H,8H2,1H3. The monoisotopic (exact) mass is 247 g/mol. The summed E-state index contributed by atoms with van der Waals surface area (Å²) >= 11 is 0. The fourth-order valence-corrected chi connectivity index (χ4v) is 1.69. The molecule has 0 unspecified atom stereocenters. The number of hydrogen-bond donors (Lipinski definition) is 2. The minimum absolute atomic E-state index is 0.152. The summed E-state index contributed by atoms with van der Waals surface area (Å²) in [4.78, 5) is 11.3. The van der Waals surface area contributed by atoms with E-state index in [-0.39, 0.29) is 16.3 Å². The van der Waals surface area contributed by atoms with Crippen molar-refractivity contribution in [3.8, 4) is 5.75 Å². The lowest BCUT2D eigenvalue weighted by atomic mass is 10.3. The van der Waals surface area contributed by atoms with Gasteiger partial charge in [-0.25, -0.2) is 8.42 Å². The van der Waals surface area contributed by atoms with Gasteiger partial charge in [0, 0.05) is 12.1 Å². The van der Waals surface area contributed by atoms with Gasteiger partial charge in [0.25, 0.3) is 10.0 Å². The molecule has 16 heavy (non-hydrogen) atoms. The molecule has 0 saturated heterocycles. The summed E-state index contributed by atoms with van der Waals surface area (Å²) in [5.41, 5.74) is -0.321. The third kappa shape index (κ3) is 2.27. The number of ether oxygens (including phenoxy) is 1. The Morgan fingerprint density at radius 2 is 2.12 bits per heavy atom. The number of rotatable bonds is 4. The molecule has 1 rings (SSSR count). The summed E-state index contributed by atoms with van der Waals surface area (Å²) in [5.74, 6) is 4.66. The molecule has 0 heterocycles. The predicted molar refractivity (Wildman–Crippen MR) is 54.2 cm³/mol. The van der Waals surface area contributed by atoms with Gasteiger partial charge in [-0.1, -0.05) is 0 Å². The van der Waals surface area contributed by atoms with Crippen LogP contribution in [-0.2, 0) is 10.0 Å². The van der Waals surface area contributed by atoms with Crippen LogP contribution < -0.4 is 15.4 Å². The fraction of sp³-hybridized carbons (Fsp3) is 0.143. The van der Waals surface area contributed by atoms with E-state index in [9.17, 15) is 18.5 Å². The minimum atomic E-state index is -3.85. The van der Waals surface area contributed by atoms with E-state index in [4.69, 9.17) is 10.6 Å². The van der Waals surface area contributed by atoms with Gasteiger partial charge in [-0.05, 0) is 6.07 Å². The second kappa shape index (κ2) is 4.43. The number of benzene rings is 1. The number of sulfonamides is 1. The van der Waals surface area contributed by atoms with Crippen molar-refractivity contribution in [2.45, 2.75) is 4.90 Å². The number of methoxy groups -OCH3 is 1. The zero-order chi connectivity index (χ0) is 12.3. The van der Waals surface area contributed by atoms with Crippen LogP contribution in [-0.4, -0.2) is 20.5 Å². The molecule has 88 valence electrons. The molecule has 3 N–H and O–H groups in total. The molecule has 1 aromatic rings. The molecule has 0 aliphatic carbocycles. The highest BCUT2D eigenvalue weighted by Crippen LogP contribution is 2.28. The summed E-state index contributed by atoms with van der Waals surface area (Å²) in [6.07, 6.45) is 0. The number of nitro benzene ring substituents is 1. The van der Waals surface area contributed by atoms with E-state index in [1.807, 2.05) is 0 Å². The first-order valence-corrected chi connectivity index (χ1v) is 5.45. The maximum atomic E-state index is 11.3. The lowest BCUT2D eigenvalue weighted by Crippen LogP contribution is -2.30. The van der Waals surface area contributed by atoms with E-state index in [0.717, 1.165) is 18.2 Å². The molecule has 0 radical (unpaired) electrons. The number of nitro groups is 1. The van der Waals surface area contributed by atoms with E-state index in [0.29, 0.717) is 0 Å². The molecule has 9 heteroatoms. The molecule has 0 saturated carbocycles. The maximum absolute atomic E-state index is 11.3. The lowest BCUT2D eigenvalue weighted by molar-refractivity contribution is -0.385. The second-order valence-electron chi connectivity index (χ2n) is 2.71. The topological polar surface area (TPSA) is 125 Å². The summed E-state index contributed by atoms with van der Waals surface area (Å²) in [5, 5.41) is 10.5. The van der Waals surface area contributed by atoms with Crippen LogP contribution in [0.1, 0.15) is 0 Å². The highest BCUT2D eigenvalue weighted by atomic mass is 32.2. The van der Waals surface area contributed by atoms with Crippen molar-refractivity contribution in [1.29, 1.82) is 0 Å². The summed E-state index contributed by atoms with van der Waals surface area (Å²) < 4.78 is 27.3. The highest BCUT2D eigenvalue weighted by Gasteiger charge is 2.19. The largest absolute Gasteiger partial charge is 0.490 e. The highest BCUT2D eigenvalue weighted by molar-refractivity contribution is 7.89. The van der Waals surface area contributed by atoms with E-state index in [1.54, 1.807) is 4.83 Å². The van der Waals surface area contributed by atoms with Crippen LogP contribution >= 0.6 is 0 Å². The van der Waals surface area contributed by atoms with Crippen molar-refractivity contribution in [2.24, 2.45) is 5.84 Å². The maximum Gasteiger partial charge on any atom is 0.310 e. The number of nitrogens with one attached hydrogen (secondary N) is 1. The van der Waals surface area contributed by atoms with Gasteiger partial charge >= 0.3 is 5.69 Å². The Hall–Kier alpha value is -1.71. The second-order valence-corrected chi connectivity index (χ2v) is 4.43. The van der Waals surface area contributed by atoms with Gasteiger partial charge < -0.3 is 4.74 Å². The molecule has 0 atom stereocenters. The molecule has 0 aliphatic rings. The van der Waals surface area contributed by atoms with Crippen molar-refractivity contribution in [3.05, 3.63) is 28.3 Å². The zero-order valence-electron chi connectivity index (χ0n) is 8.21. The van der Waals surface area contributed by atoms with Crippen molar-refractivity contribution in [3.63, 3.8) is 0 Å². The van der Waals surface area contributed by atoms with Crippen LogP contribution in [0.3, 0.4) is 0 Å². The van der Waals surface area contributed by atoms with Crippen LogP contribution in [0.4, 0.5) is 5.69 Å². The average molecular weight is 247 g/mol. The SMILES string of the molecule is COc1cc(S(=O)(=O)NN)ccc1[N+](=O)[O-]. The first-order chi connectivity index (χ1) is 7.42. The molecule has 0 spiro atoms. The van der Waals surface area contributed by atoms with Gasteiger partial charge in [-0.2, -0.15) is 4.83 Å². The van der Waals surface area contributed by atoms with Crippen molar-refractivity contribution >= 4 is 15.7 Å². The molecule has 0 fully saturated rings. The first kappa shape index (κ1) is 12.4. The van der Waals surface area contributed by atoms with E-state index >= 15 is 0 Å². The van der Waals surface area contributed by atoms with Crippen molar-refractivity contribution in [2.75, 3.05) is 7.11 Å². The Morgan fingerprint density at radius 3 is 2.56 bits per heavy atom. The van der Waals surface area contributed by atoms with E-state index < -0.39 is 14.9 Å². The van der Waals surface area contributed by atoms with Crippen molar-refractivity contribution < 1.29 is 18.1 Å². The van der Waals surface area contributed by atoms with E-state index in [1.165, 1.54) is 7.11 Å². The number of nitrogens with zero attached hydrogens (tertiary/aromatic N) is 1. The molecule has 1 aromatic carbocycles. The fourth-order valence-electron chi connectivity index (χ4n) is 1.04. The molecule has 0 aromatic heterocycles. The van der Waals surface area contributed by atoms with Crippen LogP contribution in [0.5, 0.6) is 5.75 Å². The normalized spacial score (nSPS) is 11.1. The molecular weight excluding hydrogens is 238 g/mol. The van der Waals surface area contributed by atoms with Gasteiger partial charge in [0.15, 0.2) is 5.75 Å². The number of hydrogen-bond acceptors (Lipinski definition) is 6. The van der Waals surface area contributed by atoms with Crippen LogP contribution in [0.25, 0.3) is 0 Å². The Kier molecular flexibility index (Phi) is 3.42. The molecular formula is C7H9N3O5S. The molecule has 8 nitrogen and oxygen atoms in total. The number of nitrogens with two attached hydrogens (primary N) is 1. The third-order valence-corrected chi connectivity index (χ3v) is 3.00. The Bertz CT molecular complexity index is 513. The smallest absolute Gasteiger partial charge is 0.310 e. The van der Waals surface area contributed by atoms with Gasteiger partial charge in [-0.3, -0.25) is 16.0 Å². The molecule has 0 amide bonds. The Labute approximate surface area is 91.2 Å². The first-order valence-electron chi connectivity index (χ1n) is 3.97.